The molecule has 0 radical (unpaired) electrons. The summed E-state index contributed by atoms with van der Waals surface area (Å²) >= 11 is 5.78. The molecule has 0 N–H and O–H groups in total. The van der Waals surface area contributed by atoms with Crippen molar-refractivity contribution in [3.63, 3.8) is 0 Å². The maximum Gasteiger partial charge on any atom is 0.309 e. The van der Waals surface area contributed by atoms with Crippen LogP contribution in [0.1, 0.15) is 18.9 Å². The van der Waals surface area contributed by atoms with E-state index >= 15 is 0 Å². The minimum atomic E-state index is -0.611. The maximum atomic E-state index is 12.8. The van der Waals surface area contributed by atoms with E-state index < -0.39 is 5.95 Å². The molecule has 0 spiro atoms. The Labute approximate surface area is 97.9 Å². The van der Waals surface area contributed by atoms with Crippen LogP contribution in [0.4, 0.5) is 4.39 Å². The van der Waals surface area contributed by atoms with Crippen LogP contribution < -0.4 is 0 Å². The quantitative estimate of drug-likeness (QED) is 0.603. The first-order valence-electron chi connectivity index (χ1n) is 4.76. The number of nitrogens with zero attached hydrogens (tertiary/aromatic N) is 1. The number of hydrogen-bond donors (Lipinski definition) is 0. The first-order chi connectivity index (χ1) is 7.63. The van der Waals surface area contributed by atoms with Gasteiger partial charge in [0.25, 0.3) is 0 Å². The zero-order chi connectivity index (χ0) is 12.0. The van der Waals surface area contributed by atoms with Crippen LogP contribution >= 0.6 is 11.6 Å². The molecule has 0 saturated heterocycles. The fourth-order valence-corrected chi connectivity index (χ4v) is 1.22. The van der Waals surface area contributed by atoms with Gasteiger partial charge in [0.1, 0.15) is 0 Å². The minimum Gasteiger partial charge on any atom is -0.466 e. The van der Waals surface area contributed by atoms with Gasteiger partial charge in [0.2, 0.25) is 5.95 Å². The Kier molecular flexibility index (Phi) is 4.92. The predicted molar refractivity (Wildman–Crippen MR) is 59.5 cm³/mol. The van der Waals surface area contributed by atoms with E-state index in [2.05, 4.69) is 4.98 Å². The second-order valence-electron chi connectivity index (χ2n) is 2.94. The first-order valence-corrected chi connectivity index (χ1v) is 5.14. The Morgan fingerprint density at radius 1 is 1.69 bits per heavy atom. The lowest BCUT2D eigenvalue weighted by Gasteiger charge is -1.98. The molecule has 16 heavy (non-hydrogen) atoms. The van der Waals surface area contributed by atoms with E-state index in [0.717, 1.165) is 0 Å². The zero-order valence-corrected chi connectivity index (χ0v) is 9.50. The molecule has 0 amide bonds. The lowest BCUT2D eigenvalue weighted by molar-refractivity contribution is -0.142. The summed E-state index contributed by atoms with van der Waals surface area (Å²) in [7, 11) is 0. The molecule has 0 aliphatic heterocycles. The van der Waals surface area contributed by atoms with Gasteiger partial charge in [-0.25, -0.2) is 4.98 Å². The molecule has 0 bridgehead atoms. The fourth-order valence-electron chi connectivity index (χ4n) is 1.06. The van der Waals surface area contributed by atoms with Crippen LogP contribution in [0.25, 0.3) is 6.08 Å². The lowest BCUT2D eigenvalue weighted by Crippen LogP contribution is -2.01. The molecule has 5 heteroatoms. The summed E-state index contributed by atoms with van der Waals surface area (Å²) in [5.74, 6) is -0.940. The highest BCUT2D eigenvalue weighted by atomic mass is 35.5. The number of carbonyl (C=O) groups is 1. The Hall–Kier alpha value is -1.42. The molecule has 0 saturated carbocycles. The largest absolute Gasteiger partial charge is 0.466 e. The molecule has 86 valence electrons. The Balaban J connectivity index is 2.62. The van der Waals surface area contributed by atoms with Crippen LogP contribution in [-0.4, -0.2) is 17.6 Å². The normalized spacial score (nSPS) is 10.7. The Morgan fingerprint density at radius 2 is 2.44 bits per heavy atom. The molecular weight excluding hydrogens is 233 g/mol. The topological polar surface area (TPSA) is 39.2 Å². The average Bonchev–Trinajstić information content (AvgIpc) is 2.23. The van der Waals surface area contributed by atoms with Crippen molar-refractivity contribution in [2.45, 2.75) is 13.3 Å². The minimum absolute atomic E-state index is 0.133. The molecular formula is C11H11ClFNO2. The number of carbonyl (C=O) groups excluding carboxylic acids is 1. The number of halogens is 2. The van der Waals surface area contributed by atoms with Crippen molar-refractivity contribution in [2.75, 3.05) is 6.61 Å². The number of aromatic nitrogens is 1. The number of ether oxygens (including phenoxy) is 1. The van der Waals surface area contributed by atoms with Gasteiger partial charge in [0, 0.05) is 12.3 Å². The molecule has 0 aliphatic rings. The summed E-state index contributed by atoms with van der Waals surface area (Å²) in [5.41, 5.74) is 0.485. The van der Waals surface area contributed by atoms with E-state index in [1.165, 1.54) is 12.3 Å². The van der Waals surface area contributed by atoms with Gasteiger partial charge in [-0.3, -0.25) is 4.79 Å². The van der Waals surface area contributed by atoms with Crippen LogP contribution in [0.15, 0.2) is 18.3 Å². The molecule has 1 aromatic rings. The highest BCUT2D eigenvalue weighted by Gasteiger charge is 2.01. The van der Waals surface area contributed by atoms with E-state index in [4.69, 9.17) is 16.3 Å². The van der Waals surface area contributed by atoms with Crippen molar-refractivity contribution in [3.05, 3.63) is 34.9 Å². The van der Waals surface area contributed by atoms with Crippen LogP contribution in [0.3, 0.4) is 0 Å². The summed E-state index contributed by atoms with van der Waals surface area (Å²) < 4.78 is 17.5. The highest BCUT2D eigenvalue weighted by molar-refractivity contribution is 6.31. The second kappa shape index (κ2) is 6.23. The van der Waals surface area contributed by atoms with Crippen LogP contribution in [-0.2, 0) is 9.53 Å². The number of rotatable bonds is 4. The first kappa shape index (κ1) is 12.6. The molecule has 1 heterocycles. The van der Waals surface area contributed by atoms with Crippen molar-refractivity contribution in [3.8, 4) is 0 Å². The van der Waals surface area contributed by atoms with E-state index in [-0.39, 0.29) is 12.4 Å². The van der Waals surface area contributed by atoms with E-state index in [0.29, 0.717) is 17.2 Å². The fraction of sp³-hybridized carbons (Fsp3) is 0.273. The van der Waals surface area contributed by atoms with E-state index in [1.807, 2.05) is 0 Å². The maximum absolute atomic E-state index is 12.8. The van der Waals surface area contributed by atoms with Crippen molar-refractivity contribution in [2.24, 2.45) is 0 Å². The SMILES string of the molecule is CCOC(=O)CC=Cc1cc(F)ncc1Cl. The van der Waals surface area contributed by atoms with Gasteiger partial charge in [-0.15, -0.1) is 0 Å². The van der Waals surface area contributed by atoms with Gasteiger partial charge in [0.15, 0.2) is 0 Å². The third-order valence-corrected chi connectivity index (χ3v) is 2.05. The van der Waals surface area contributed by atoms with Crippen molar-refractivity contribution in [1.29, 1.82) is 0 Å². The van der Waals surface area contributed by atoms with E-state index in [9.17, 15) is 9.18 Å². The Bertz CT molecular complexity index is 407. The van der Waals surface area contributed by atoms with Gasteiger partial charge in [-0.2, -0.15) is 4.39 Å². The Morgan fingerprint density at radius 3 is 3.12 bits per heavy atom. The lowest BCUT2D eigenvalue weighted by atomic mass is 10.2. The van der Waals surface area contributed by atoms with Crippen molar-refractivity contribution >= 4 is 23.6 Å². The summed E-state index contributed by atoms with van der Waals surface area (Å²) in [5, 5.41) is 0.335. The highest BCUT2D eigenvalue weighted by Crippen LogP contribution is 2.16. The summed E-state index contributed by atoms with van der Waals surface area (Å²) in [6, 6.07) is 1.20. The predicted octanol–water partition coefficient (Wildman–Crippen LogP) is 2.84. The van der Waals surface area contributed by atoms with Gasteiger partial charge < -0.3 is 4.74 Å². The zero-order valence-electron chi connectivity index (χ0n) is 8.74. The monoisotopic (exact) mass is 243 g/mol. The van der Waals surface area contributed by atoms with Crippen LogP contribution in [0, 0.1) is 5.95 Å². The summed E-state index contributed by atoms with van der Waals surface area (Å²) in [6.07, 6.45) is 4.48. The standard InChI is InChI=1S/C11H11ClFNO2/c1-2-16-11(15)5-3-4-8-6-10(13)14-7-9(8)12/h3-4,6-7H,2,5H2,1H3. The molecule has 0 unspecified atom stereocenters. The van der Waals surface area contributed by atoms with Gasteiger partial charge in [-0.05, 0) is 12.5 Å². The van der Waals surface area contributed by atoms with Crippen LogP contribution in [0.5, 0.6) is 0 Å². The average molecular weight is 244 g/mol. The summed E-state index contributed by atoms with van der Waals surface area (Å²) in [4.78, 5) is 14.4. The molecule has 0 fully saturated rings. The second-order valence-corrected chi connectivity index (χ2v) is 3.35. The van der Waals surface area contributed by atoms with Gasteiger partial charge in [0.05, 0.1) is 18.1 Å². The third-order valence-electron chi connectivity index (χ3n) is 1.74. The molecule has 0 atom stereocenters. The molecule has 3 nitrogen and oxygen atoms in total. The number of hydrogen-bond acceptors (Lipinski definition) is 3. The molecule has 0 aromatic carbocycles. The smallest absolute Gasteiger partial charge is 0.309 e. The van der Waals surface area contributed by atoms with Crippen LogP contribution in [0.2, 0.25) is 5.02 Å². The third kappa shape index (κ3) is 3.98. The van der Waals surface area contributed by atoms with Gasteiger partial charge in [-0.1, -0.05) is 23.8 Å². The number of esters is 1. The van der Waals surface area contributed by atoms with Crippen molar-refractivity contribution in [1.82, 2.24) is 4.98 Å². The number of pyridine rings is 1. The summed E-state index contributed by atoms with van der Waals surface area (Å²) in [6.45, 7) is 2.08. The van der Waals surface area contributed by atoms with E-state index in [1.54, 1.807) is 19.1 Å². The molecule has 1 aromatic heterocycles. The van der Waals surface area contributed by atoms with Gasteiger partial charge >= 0.3 is 5.97 Å². The van der Waals surface area contributed by atoms with Crippen molar-refractivity contribution < 1.29 is 13.9 Å². The molecule has 0 aliphatic carbocycles. The molecule has 1 rings (SSSR count).